The van der Waals surface area contributed by atoms with Crippen LogP contribution in [0.15, 0.2) is 5.10 Å². The van der Waals surface area contributed by atoms with Gasteiger partial charge in [-0.05, 0) is 12.8 Å². The number of hydrogen-bond acceptors (Lipinski definition) is 3. The molecule has 0 saturated carbocycles. The molecule has 4 heteroatoms. The Kier molecular flexibility index (Phi) is 3.26. The van der Waals surface area contributed by atoms with Gasteiger partial charge in [0.2, 0.25) is 0 Å². The van der Waals surface area contributed by atoms with Crippen LogP contribution in [0.2, 0.25) is 0 Å². The van der Waals surface area contributed by atoms with Gasteiger partial charge in [-0.15, -0.1) is 0 Å². The van der Waals surface area contributed by atoms with Crippen LogP contribution >= 0.6 is 0 Å². The van der Waals surface area contributed by atoms with Crippen LogP contribution in [0.5, 0.6) is 0 Å². The lowest BCUT2D eigenvalue weighted by atomic mass is 9.97. The molecule has 4 nitrogen and oxygen atoms in total. The highest BCUT2D eigenvalue weighted by Crippen LogP contribution is 2.23. The zero-order chi connectivity index (χ0) is 10.8. The number of rotatable bonds is 4. The smallest absolute Gasteiger partial charge is 0.327 e. The van der Waals surface area contributed by atoms with E-state index in [1.165, 1.54) is 4.68 Å². The summed E-state index contributed by atoms with van der Waals surface area (Å²) >= 11 is 0. The molecule has 0 bridgehead atoms. The van der Waals surface area contributed by atoms with Crippen LogP contribution in [0, 0.1) is 0 Å². The molecule has 0 saturated heterocycles. The molecule has 0 aromatic carbocycles. The van der Waals surface area contributed by atoms with Crippen molar-refractivity contribution in [2.24, 2.45) is 5.10 Å². The SMILES string of the molecule is C=[N+]1N=C(C(O)(CC)CC)OC1CC. The second kappa shape index (κ2) is 4.09. The van der Waals surface area contributed by atoms with Gasteiger partial charge in [0.25, 0.3) is 5.90 Å². The summed E-state index contributed by atoms with van der Waals surface area (Å²) < 4.78 is 7.05. The standard InChI is InChI=1S/C10H19N2O2/c1-5-8-12(4)11-9(14-8)10(13,6-2)7-3/h8,13H,4-7H2,1-3H3/q+1. The van der Waals surface area contributed by atoms with E-state index in [1.807, 2.05) is 20.8 Å². The second-order valence-electron chi connectivity index (χ2n) is 3.56. The van der Waals surface area contributed by atoms with Gasteiger partial charge in [-0.25, -0.2) is 0 Å². The molecule has 0 spiro atoms. The minimum Gasteiger partial charge on any atom is -0.410 e. The third-order valence-electron chi connectivity index (χ3n) is 2.72. The highest BCUT2D eigenvalue weighted by molar-refractivity contribution is 5.85. The molecule has 80 valence electrons. The van der Waals surface area contributed by atoms with E-state index in [4.69, 9.17) is 4.74 Å². The Labute approximate surface area is 84.9 Å². The fourth-order valence-corrected chi connectivity index (χ4v) is 1.44. The molecule has 0 amide bonds. The van der Waals surface area contributed by atoms with Crippen LogP contribution < -0.4 is 0 Å². The highest BCUT2D eigenvalue weighted by atomic mass is 16.5. The average molecular weight is 199 g/mol. The molecule has 1 aliphatic rings. The lowest BCUT2D eigenvalue weighted by molar-refractivity contribution is -0.585. The molecule has 14 heavy (non-hydrogen) atoms. The largest absolute Gasteiger partial charge is 0.410 e. The Morgan fingerprint density at radius 3 is 2.43 bits per heavy atom. The fraction of sp³-hybridized carbons (Fsp3) is 0.800. The van der Waals surface area contributed by atoms with E-state index in [0.717, 1.165) is 6.42 Å². The predicted octanol–water partition coefficient (Wildman–Crippen LogP) is 1.33. The van der Waals surface area contributed by atoms with Crippen LogP contribution in [0.1, 0.15) is 40.0 Å². The van der Waals surface area contributed by atoms with Gasteiger partial charge in [-0.3, -0.25) is 0 Å². The summed E-state index contributed by atoms with van der Waals surface area (Å²) in [6.07, 6.45) is 1.88. The first-order chi connectivity index (χ1) is 6.57. The minimum absolute atomic E-state index is 0.130. The zero-order valence-corrected chi connectivity index (χ0v) is 9.16. The molecule has 1 unspecified atom stereocenters. The molecule has 1 atom stereocenters. The van der Waals surface area contributed by atoms with Crippen molar-refractivity contribution in [2.45, 2.75) is 51.9 Å². The lowest BCUT2D eigenvalue weighted by Crippen LogP contribution is -2.38. The van der Waals surface area contributed by atoms with Gasteiger partial charge in [0.15, 0.2) is 6.72 Å². The molecule has 0 aromatic rings. The number of ether oxygens (including phenoxy) is 1. The molecule has 0 fully saturated rings. The summed E-state index contributed by atoms with van der Waals surface area (Å²) in [4.78, 5) is 0. The van der Waals surface area contributed by atoms with Crippen molar-refractivity contribution in [3.05, 3.63) is 0 Å². The van der Waals surface area contributed by atoms with Crippen molar-refractivity contribution in [1.29, 1.82) is 0 Å². The van der Waals surface area contributed by atoms with E-state index in [9.17, 15) is 5.11 Å². The Bertz CT molecular complexity index is 257. The van der Waals surface area contributed by atoms with Crippen molar-refractivity contribution < 1.29 is 14.5 Å². The number of hydrazone groups is 1. The first kappa shape index (κ1) is 11.2. The maximum Gasteiger partial charge on any atom is 0.327 e. The van der Waals surface area contributed by atoms with Crippen LogP contribution in [0.3, 0.4) is 0 Å². The molecule has 0 radical (unpaired) electrons. The Morgan fingerprint density at radius 2 is 2.07 bits per heavy atom. The van der Waals surface area contributed by atoms with Gasteiger partial charge in [0.1, 0.15) is 5.60 Å². The molecule has 0 aromatic heterocycles. The average Bonchev–Trinajstić information content (AvgIpc) is 2.59. The number of aliphatic hydroxyl groups is 1. The van der Waals surface area contributed by atoms with E-state index in [0.29, 0.717) is 18.7 Å². The van der Waals surface area contributed by atoms with Crippen molar-refractivity contribution in [2.75, 3.05) is 0 Å². The summed E-state index contributed by atoms with van der Waals surface area (Å²) in [6, 6.07) is 0. The Hall–Kier alpha value is -0.900. The topological polar surface area (TPSA) is 44.8 Å². The van der Waals surface area contributed by atoms with Crippen LogP contribution in [-0.4, -0.2) is 34.2 Å². The van der Waals surface area contributed by atoms with E-state index < -0.39 is 5.60 Å². The van der Waals surface area contributed by atoms with Crippen molar-refractivity contribution >= 4 is 12.6 Å². The fourth-order valence-electron chi connectivity index (χ4n) is 1.44. The molecule has 1 heterocycles. The van der Waals surface area contributed by atoms with E-state index >= 15 is 0 Å². The number of nitrogens with zero attached hydrogens (tertiary/aromatic N) is 2. The van der Waals surface area contributed by atoms with Gasteiger partial charge < -0.3 is 9.84 Å². The van der Waals surface area contributed by atoms with Gasteiger partial charge in [-0.1, -0.05) is 25.5 Å². The maximum absolute atomic E-state index is 10.1. The van der Waals surface area contributed by atoms with Gasteiger partial charge in [-0.2, -0.15) is 0 Å². The molecule has 1 aliphatic heterocycles. The summed E-state index contributed by atoms with van der Waals surface area (Å²) in [6.45, 7) is 9.57. The quantitative estimate of drug-likeness (QED) is 0.694. The monoisotopic (exact) mass is 199 g/mol. The minimum atomic E-state index is -0.931. The van der Waals surface area contributed by atoms with Gasteiger partial charge in [0.05, 0.1) is 0 Å². The van der Waals surface area contributed by atoms with Crippen LogP contribution in [0.25, 0.3) is 0 Å². The van der Waals surface area contributed by atoms with Crippen LogP contribution in [0.4, 0.5) is 0 Å². The first-order valence-corrected chi connectivity index (χ1v) is 5.15. The lowest BCUT2D eigenvalue weighted by Gasteiger charge is -2.21. The summed E-state index contributed by atoms with van der Waals surface area (Å²) in [5.74, 6) is 0.407. The molecular weight excluding hydrogens is 180 g/mol. The Balaban J connectivity index is 2.81. The zero-order valence-electron chi connectivity index (χ0n) is 9.16. The third kappa shape index (κ3) is 1.80. The molecule has 1 N–H and O–H groups in total. The Morgan fingerprint density at radius 1 is 1.50 bits per heavy atom. The van der Waals surface area contributed by atoms with Crippen molar-refractivity contribution in [1.82, 2.24) is 0 Å². The summed E-state index contributed by atoms with van der Waals surface area (Å²) in [5.41, 5.74) is -0.931. The first-order valence-electron chi connectivity index (χ1n) is 5.15. The predicted molar refractivity (Wildman–Crippen MR) is 55.5 cm³/mol. The number of hydrogen-bond donors (Lipinski definition) is 1. The normalized spacial score (nSPS) is 22.1. The summed E-state index contributed by atoms with van der Waals surface area (Å²) in [5, 5.41) is 14.3. The molecule has 0 aliphatic carbocycles. The van der Waals surface area contributed by atoms with E-state index in [1.54, 1.807) is 0 Å². The van der Waals surface area contributed by atoms with Crippen molar-refractivity contribution in [3.8, 4) is 0 Å². The summed E-state index contributed by atoms with van der Waals surface area (Å²) in [7, 11) is 0. The highest BCUT2D eigenvalue weighted by Gasteiger charge is 2.42. The van der Waals surface area contributed by atoms with Gasteiger partial charge in [0, 0.05) is 11.5 Å². The molecule has 1 rings (SSSR count). The third-order valence-corrected chi connectivity index (χ3v) is 2.72. The van der Waals surface area contributed by atoms with E-state index in [2.05, 4.69) is 11.8 Å². The maximum atomic E-state index is 10.1. The molecular formula is C10H19N2O2+. The van der Waals surface area contributed by atoms with Crippen LogP contribution in [-0.2, 0) is 4.74 Å². The van der Waals surface area contributed by atoms with Crippen molar-refractivity contribution in [3.63, 3.8) is 0 Å². The van der Waals surface area contributed by atoms with E-state index in [-0.39, 0.29) is 6.23 Å². The van der Waals surface area contributed by atoms with Gasteiger partial charge >= 0.3 is 6.23 Å². The second-order valence-corrected chi connectivity index (χ2v) is 3.56.